The van der Waals surface area contributed by atoms with Gasteiger partial charge in [-0.2, -0.15) is 5.10 Å². The Morgan fingerprint density at radius 3 is 2.38 bits per heavy atom. The molecular formula is C20H24N4O2. The van der Waals surface area contributed by atoms with Gasteiger partial charge in [0.2, 0.25) is 0 Å². The average Bonchev–Trinajstić information content (AvgIpc) is 3.00. The van der Waals surface area contributed by atoms with E-state index in [0.29, 0.717) is 6.04 Å². The second-order valence-corrected chi connectivity index (χ2v) is 7.07. The second-order valence-electron chi connectivity index (χ2n) is 7.07. The van der Waals surface area contributed by atoms with Crippen LogP contribution >= 0.6 is 0 Å². The van der Waals surface area contributed by atoms with Crippen LogP contribution in [0.3, 0.4) is 0 Å². The first-order chi connectivity index (χ1) is 12.3. The Kier molecular flexibility index (Phi) is 4.44. The number of nitrogens with zero attached hydrogens (tertiary/aromatic N) is 3. The minimum absolute atomic E-state index is 0.329. The number of amides is 3. The van der Waals surface area contributed by atoms with E-state index >= 15 is 0 Å². The standard InChI is InChI=1S/C20H24N4O2/c1-13(2)23-14(3)11-16(15(23)4)12-21-24-18(25)20(5,22-19(24)26)17-9-7-6-8-10-17/h6-13H,1-5H3,(H,22,26)/b21-12-/t20-/m0/s1. The van der Waals surface area contributed by atoms with Gasteiger partial charge in [0.15, 0.2) is 0 Å². The van der Waals surface area contributed by atoms with Crippen LogP contribution in [0.1, 0.15) is 49.3 Å². The van der Waals surface area contributed by atoms with Crippen LogP contribution in [-0.2, 0) is 10.3 Å². The number of carbonyl (C=O) groups is 2. The SMILES string of the molecule is Cc1cc(/C=N\N2C(=O)N[C@@](C)(c3ccccc3)C2=O)c(C)n1C(C)C. The van der Waals surface area contributed by atoms with E-state index < -0.39 is 11.6 Å². The normalized spacial score (nSPS) is 20.5. The largest absolute Gasteiger partial charge is 0.346 e. The van der Waals surface area contributed by atoms with Gasteiger partial charge in [0.05, 0.1) is 6.21 Å². The lowest BCUT2D eigenvalue weighted by molar-refractivity contribution is -0.131. The highest BCUT2D eigenvalue weighted by Crippen LogP contribution is 2.29. The number of aryl methyl sites for hydroxylation is 1. The Morgan fingerprint density at radius 2 is 1.81 bits per heavy atom. The quantitative estimate of drug-likeness (QED) is 0.676. The average molecular weight is 352 g/mol. The van der Waals surface area contributed by atoms with Crippen molar-refractivity contribution in [3.63, 3.8) is 0 Å². The fourth-order valence-corrected chi connectivity index (χ4v) is 3.54. The molecule has 1 aromatic heterocycles. The zero-order valence-corrected chi connectivity index (χ0v) is 15.8. The van der Waals surface area contributed by atoms with Crippen molar-refractivity contribution in [1.29, 1.82) is 0 Å². The number of aromatic nitrogens is 1. The number of urea groups is 1. The Balaban J connectivity index is 1.90. The third-order valence-corrected chi connectivity index (χ3v) is 4.87. The first-order valence-electron chi connectivity index (χ1n) is 8.70. The number of hydrazone groups is 1. The molecule has 3 rings (SSSR count). The van der Waals surface area contributed by atoms with Gasteiger partial charge in [-0.1, -0.05) is 30.3 Å². The number of hydrogen-bond donors (Lipinski definition) is 1. The van der Waals surface area contributed by atoms with Crippen molar-refractivity contribution in [2.24, 2.45) is 5.10 Å². The van der Waals surface area contributed by atoms with Crippen LogP contribution < -0.4 is 5.32 Å². The Labute approximate surface area is 153 Å². The van der Waals surface area contributed by atoms with Gasteiger partial charge < -0.3 is 9.88 Å². The summed E-state index contributed by atoms with van der Waals surface area (Å²) >= 11 is 0. The lowest BCUT2D eigenvalue weighted by Gasteiger charge is -2.20. The van der Waals surface area contributed by atoms with Crippen molar-refractivity contribution in [2.75, 3.05) is 0 Å². The van der Waals surface area contributed by atoms with E-state index in [9.17, 15) is 9.59 Å². The van der Waals surface area contributed by atoms with Crippen LogP contribution in [0.25, 0.3) is 0 Å². The highest BCUT2D eigenvalue weighted by Gasteiger charge is 2.49. The van der Waals surface area contributed by atoms with Crippen LogP contribution in [0, 0.1) is 13.8 Å². The number of benzene rings is 1. The van der Waals surface area contributed by atoms with Gasteiger partial charge >= 0.3 is 6.03 Å². The summed E-state index contributed by atoms with van der Waals surface area (Å²) in [5.41, 5.74) is 2.69. The topological polar surface area (TPSA) is 66.7 Å². The van der Waals surface area contributed by atoms with Crippen molar-refractivity contribution >= 4 is 18.2 Å². The smallest absolute Gasteiger partial charge is 0.346 e. The van der Waals surface area contributed by atoms with E-state index in [4.69, 9.17) is 0 Å². The number of rotatable bonds is 4. The van der Waals surface area contributed by atoms with Gasteiger partial charge in [0.1, 0.15) is 5.54 Å². The molecule has 6 heteroatoms. The van der Waals surface area contributed by atoms with Gasteiger partial charge in [-0.05, 0) is 46.2 Å². The zero-order valence-electron chi connectivity index (χ0n) is 15.8. The molecule has 0 radical (unpaired) electrons. The van der Waals surface area contributed by atoms with E-state index in [1.54, 1.807) is 13.1 Å². The highest BCUT2D eigenvalue weighted by atomic mass is 16.2. The molecule has 0 spiro atoms. The summed E-state index contributed by atoms with van der Waals surface area (Å²) < 4.78 is 2.20. The predicted molar refractivity (Wildman–Crippen MR) is 101 cm³/mol. The van der Waals surface area contributed by atoms with Gasteiger partial charge in [0, 0.05) is 23.0 Å². The van der Waals surface area contributed by atoms with E-state index in [0.717, 1.165) is 27.5 Å². The van der Waals surface area contributed by atoms with Crippen LogP contribution in [-0.4, -0.2) is 27.7 Å². The van der Waals surface area contributed by atoms with Crippen molar-refractivity contribution in [2.45, 2.75) is 46.2 Å². The van der Waals surface area contributed by atoms with E-state index in [2.05, 4.69) is 28.8 Å². The molecule has 0 saturated carbocycles. The molecule has 0 aliphatic carbocycles. The molecule has 1 fully saturated rings. The first kappa shape index (κ1) is 17.9. The molecular weight excluding hydrogens is 328 g/mol. The monoisotopic (exact) mass is 352 g/mol. The molecule has 0 bridgehead atoms. The van der Waals surface area contributed by atoms with E-state index in [1.807, 2.05) is 50.2 Å². The number of carbonyl (C=O) groups excluding carboxylic acids is 2. The van der Waals surface area contributed by atoms with E-state index in [-0.39, 0.29) is 5.91 Å². The van der Waals surface area contributed by atoms with E-state index in [1.165, 1.54) is 0 Å². The minimum Gasteiger partial charge on any atom is -0.346 e. The number of nitrogens with one attached hydrogen (secondary N) is 1. The number of hydrogen-bond acceptors (Lipinski definition) is 3. The molecule has 1 atom stereocenters. The fourth-order valence-electron chi connectivity index (χ4n) is 3.54. The van der Waals surface area contributed by atoms with Crippen LogP contribution in [0.15, 0.2) is 41.5 Å². The third kappa shape index (κ3) is 2.81. The van der Waals surface area contributed by atoms with Gasteiger partial charge in [0.25, 0.3) is 5.91 Å². The van der Waals surface area contributed by atoms with Gasteiger partial charge in [-0.3, -0.25) is 4.79 Å². The molecule has 6 nitrogen and oxygen atoms in total. The highest BCUT2D eigenvalue weighted by molar-refractivity contribution is 6.07. The molecule has 1 saturated heterocycles. The molecule has 3 amide bonds. The molecule has 136 valence electrons. The maximum absolute atomic E-state index is 12.8. The summed E-state index contributed by atoms with van der Waals surface area (Å²) in [7, 11) is 0. The van der Waals surface area contributed by atoms with Gasteiger partial charge in [-0.25, -0.2) is 4.79 Å². The minimum atomic E-state index is -1.11. The van der Waals surface area contributed by atoms with Gasteiger partial charge in [-0.15, -0.1) is 5.01 Å². The molecule has 2 heterocycles. The molecule has 26 heavy (non-hydrogen) atoms. The zero-order chi connectivity index (χ0) is 19.1. The molecule has 1 aliphatic heterocycles. The molecule has 0 unspecified atom stereocenters. The Morgan fingerprint density at radius 1 is 1.15 bits per heavy atom. The van der Waals surface area contributed by atoms with Crippen molar-refractivity contribution in [3.05, 3.63) is 58.9 Å². The lowest BCUT2D eigenvalue weighted by Crippen LogP contribution is -2.40. The summed E-state index contributed by atoms with van der Waals surface area (Å²) in [5.74, 6) is -0.386. The maximum atomic E-state index is 12.8. The molecule has 1 aromatic carbocycles. The van der Waals surface area contributed by atoms with Crippen molar-refractivity contribution < 1.29 is 9.59 Å². The Hall–Kier alpha value is -2.89. The van der Waals surface area contributed by atoms with Crippen LogP contribution in [0.2, 0.25) is 0 Å². The number of imide groups is 1. The first-order valence-corrected chi connectivity index (χ1v) is 8.70. The summed E-state index contributed by atoms with van der Waals surface area (Å²) in [6, 6.07) is 11.0. The summed E-state index contributed by atoms with van der Waals surface area (Å²) in [5, 5.41) is 7.85. The van der Waals surface area contributed by atoms with Crippen molar-refractivity contribution in [3.8, 4) is 0 Å². The molecule has 2 aromatic rings. The molecule has 1 N–H and O–H groups in total. The fraction of sp³-hybridized carbons (Fsp3) is 0.350. The summed E-state index contributed by atoms with van der Waals surface area (Å²) in [4.78, 5) is 25.2. The molecule has 1 aliphatic rings. The second kappa shape index (κ2) is 6.44. The Bertz CT molecular complexity index is 883. The van der Waals surface area contributed by atoms with Crippen LogP contribution in [0.4, 0.5) is 4.79 Å². The predicted octanol–water partition coefficient (Wildman–Crippen LogP) is 3.49. The summed E-state index contributed by atoms with van der Waals surface area (Å²) in [6.07, 6.45) is 1.58. The maximum Gasteiger partial charge on any atom is 0.346 e. The van der Waals surface area contributed by atoms with Crippen LogP contribution in [0.5, 0.6) is 0 Å². The summed E-state index contributed by atoms with van der Waals surface area (Å²) in [6.45, 7) is 9.97. The third-order valence-electron chi connectivity index (χ3n) is 4.87. The van der Waals surface area contributed by atoms with Crippen molar-refractivity contribution in [1.82, 2.24) is 14.9 Å². The lowest BCUT2D eigenvalue weighted by atomic mass is 9.92.